The van der Waals surface area contributed by atoms with Crippen LogP contribution in [0.1, 0.15) is 18.4 Å². The Morgan fingerprint density at radius 3 is 2.27 bits per heavy atom. The fourth-order valence-electron chi connectivity index (χ4n) is 2.32. The Balaban J connectivity index is 2.44. The Hall–Kier alpha value is -0.280. The Kier molecular flexibility index (Phi) is 2.95. The first kappa shape index (κ1) is 11.2. The van der Waals surface area contributed by atoms with Crippen LogP contribution in [-0.2, 0) is 5.41 Å². The first-order valence-electron chi connectivity index (χ1n) is 4.92. The quantitative estimate of drug-likeness (QED) is 0.841. The van der Waals surface area contributed by atoms with E-state index < -0.39 is 0 Å². The molecule has 0 aromatic heterocycles. The van der Waals surface area contributed by atoms with Gasteiger partial charge < -0.3 is 10.8 Å². The van der Waals surface area contributed by atoms with Crippen molar-refractivity contribution in [2.24, 2.45) is 5.73 Å². The van der Waals surface area contributed by atoms with E-state index >= 15 is 0 Å². The second-order valence-corrected chi connectivity index (χ2v) is 4.96. The average Bonchev–Trinajstić information content (AvgIpc) is 2.14. The van der Waals surface area contributed by atoms with Gasteiger partial charge in [0.1, 0.15) is 0 Å². The first-order valence-corrected chi connectivity index (χ1v) is 5.67. The van der Waals surface area contributed by atoms with E-state index in [1.165, 1.54) is 0 Å². The van der Waals surface area contributed by atoms with Crippen molar-refractivity contribution in [3.05, 3.63) is 33.8 Å². The van der Waals surface area contributed by atoms with Crippen LogP contribution in [0.25, 0.3) is 0 Å². The van der Waals surface area contributed by atoms with E-state index in [-0.39, 0.29) is 11.5 Å². The Bertz CT molecular complexity index is 355. The van der Waals surface area contributed by atoms with E-state index in [2.05, 4.69) is 0 Å². The summed E-state index contributed by atoms with van der Waals surface area (Å²) in [5.41, 5.74) is 6.44. The smallest absolute Gasteiger partial charge is 0.0558 e. The Morgan fingerprint density at radius 2 is 1.87 bits per heavy atom. The third kappa shape index (κ3) is 1.76. The summed E-state index contributed by atoms with van der Waals surface area (Å²) in [5.74, 6) is 0. The van der Waals surface area contributed by atoms with Crippen LogP contribution in [0.15, 0.2) is 18.2 Å². The van der Waals surface area contributed by atoms with Crippen LogP contribution in [0.2, 0.25) is 10.0 Å². The molecule has 1 aliphatic rings. The van der Waals surface area contributed by atoms with Gasteiger partial charge in [-0.3, -0.25) is 0 Å². The second kappa shape index (κ2) is 3.95. The van der Waals surface area contributed by atoms with Gasteiger partial charge in [-0.1, -0.05) is 29.3 Å². The molecule has 82 valence electrons. The summed E-state index contributed by atoms with van der Waals surface area (Å²) in [5, 5.41) is 10.7. The molecule has 1 saturated carbocycles. The zero-order valence-corrected chi connectivity index (χ0v) is 9.72. The van der Waals surface area contributed by atoms with Gasteiger partial charge in [0.25, 0.3) is 0 Å². The summed E-state index contributed by atoms with van der Waals surface area (Å²) in [4.78, 5) is 0. The number of nitrogens with two attached hydrogens (primary N) is 1. The minimum atomic E-state index is -0.277. The number of benzene rings is 1. The van der Waals surface area contributed by atoms with Crippen LogP contribution >= 0.6 is 23.2 Å². The topological polar surface area (TPSA) is 46.2 Å². The molecule has 0 radical (unpaired) electrons. The summed E-state index contributed by atoms with van der Waals surface area (Å²) < 4.78 is 0. The molecular formula is C11H13Cl2NO. The number of hydrogen-bond donors (Lipinski definition) is 2. The normalized spacial score (nSPS) is 30.0. The van der Waals surface area contributed by atoms with Gasteiger partial charge in [-0.2, -0.15) is 0 Å². The summed E-state index contributed by atoms with van der Waals surface area (Å²) in [6, 6.07) is 5.43. The molecule has 3 N–H and O–H groups in total. The highest BCUT2D eigenvalue weighted by Crippen LogP contribution is 2.48. The van der Waals surface area contributed by atoms with Crippen molar-refractivity contribution < 1.29 is 5.11 Å². The summed E-state index contributed by atoms with van der Waals surface area (Å²) >= 11 is 12.3. The van der Waals surface area contributed by atoms with Gasteiger partial charge in [0.2, 0.25) is 0 Å². The molecule has 0 heterocycles. The highest BCUT2D eigenvalue weighted by atomic mass is 35.5. The number of hydrogen-bond acceptors (Lipinski definition) is 2. The molecule has 1 fully saturated rings. The van der Waals surface area contributed by atoms with Crippen molar-refractivity contribution >= 4 is 23.2 Å². The predicted octanol–water partition coefficient (Wildman–Crippen LogP) is 2.34. The zero-order valence-electron chi connectivity index (χ0n) is 8.21. The molecule has 4 heteroatoms. The van der Waals surface area contributed by atoms with Gasteiger partial charge in [-0.15, -0.1) is 0 Å². The zero-order chi connectivity index (χ0) is 11.1. The number of halogens is 2. The maximum absolute atomic E-state index is 9.42. The average molecular weight is 246 g/mol. The molecule has 0 unspecified atom stereocenters. The number of aliphatic hydroxyl groups excluding tert-OH is 1. The molecule has 1 aliphatic carbocycles. The predicted molar refractivity (Wildman–Crippen MR) is 62.4 cm³/mol. The highest BCUT2D eigenvalue weighted by Gasteiger charge is 2.45. The summed E-state index contributed by atoms with van der Waals surface area (Å²) in [7, 11) is 0. The van der Waals surface area contributed by atoms with E-state index in [0.29, 0.717) is 29.4 Å². The third-order valence-corrected chi connectivity index (χ3v) is 3.77. The molecule has 0 amide bonds. The van der Waals surface area contributed by atoms with E-state index in [1.807, 2.05) is 18.2 Å². The summed E-state index contributed by atoms with van der Waals surface area (Å²) in [6.45, 7) is 0.466. The molecule has 0 bridgehead atoms. The lowest BCUT2D eigenvalue weighted by atomic mass is 9.63. The summed E-state index contributed by atoms with van der Waals surface area (Å²) in [6.07, 6.45) is 1.01. The van der Waals surface area contributed by atoms with Crippen LogP contribution in [0.5, 0.6) is 0 Å². The third-order valence-electron chi connectivity index (χ3n) is 3.14. The van der Waals surface area contributed by atoms with Crippen molar-refractivity contribution in [3.63, 3.8) is 0 Å². The highest BCUT2D eigenvalue weighted by molar-refractivity contribution is 6.36. The monoisotopic (exact) mass is 245 g/mol. The molecular weight excluding hydrogens is 233 g/mol. The maximum atomic E-state index is 9.42. The van der Waals surface area contributed by atoms with Crippen molar-refractivity contribution in [1.82, 2.24) is 0 Å². The molecule has 1 aromatic rings. The Morgan fingerprint density at radius 1 is 1.33 bits per heavy atom. The van der Waals surface area contributed by atoms with E-state index in [1.54, 1.807) is 0 Å². The van der Waals surface area contributed by atoms with Crippen molar-refractivity contribution in [1.29, 1.82) is 0 Å². The second-order valence-electron chi connectivity index (χ2n) is 4.14. The molecule has 15 heavy (non-hydrogen) atoms. The molecule has 2 nitrogen and oxygen atoms in total. The van der Waals surface area contributed by atoms with Crippen molar-refractivity contribution in [2.45, 2.75) is 24.4 Å². The van der Waals surface area contributed by atoms with E-state index in [9.17, 15) is 5.11 Å². The van der Waals surface area contributed by atoms with Crippen LogP contribution in [0, 0.1) is 0 Å². The van der Waals surface area contributed by atoms with Gasteiger partial charge in [0.05, 0.1) is 6.10 Å². The first-order chi connectivity index (χ1) is 7.09. The van der Waals surface area contributed by atoms with Crippen LogP contribution in [0.4, 0.5) is 0 Å². The molecule has 2 rings (SSSR count). The minimum absolute atomic E-state index is 0.227. The fourth-order valence-corrected chi connectivity index (χ4v) is 3.12. The molecule has 0 aliphatic heterocycles. The van der Waals surface area contributed by atoms with E-state index in [4.69, 9.17) is 28.9 Å². The molecule has 0 atom stereocenters. The lowest BCUT2D eigenvalue weighted by Gasteiger charge is -2.46. The van der Waals surface area contributed by atoms with Crippen LogP contribution in [-0.4, -0.2) is 17.8 Å². The lowest BCUT2D eigenvalue weighted by Crippen LogP contribution is -2.50. The van der Waals surface area contributed by atoms with Gasteiger partial charge in [-0.25, -0.2) is 0 Å². The van der Waals surface area contributed by atoms with Crippen molar-refractivity contribution in [2.75, 3.05) is 6.54 Å². The van der Waals surface area contributed by atoms with E-state index in [0.717, 1.165) is 5.56 Å². The van der Waals surface area contributed by atoms with Crippen LogP contribution in [0.3, 0.4) is 0 Å². The van der Waals surface area contributed by atoms with Gasteiger partial charge in [-0.05, 0) is 30.5 Å². The van der Waals surface area contributed by atoms with Crippen molar-refractivity contribution in [3.8, 4) is 0 Å². The Labute approximate surface area is 99.0 Å². The van der Waals surface area contributed by atoms with Gasteiger partial charge in [0, 0.05) is 22.0 Å². The molecule has 0 spiro atoms. The van der Waals surface area contributed by atoms with Gasteiger partial charge in [0.15, 0.2) is 0 Å². The lowest BCUT2D eigenvalue weighted by molar-refractivity contribution is 0.0223. The number of rotatable bonds is 2. The molecule has 1 aromatic carbocycles. The molecule has 0 saturated heterocycles. The largest absolute Gasteiger partial charge is 0.393 e. The standard InChI is InChI=1S/C11H13Cl2NO/c12-8-2-1-3-9(13)10(8)11(6-14)4-7(15)5-11/h1-3,7,15H,4-6,14H2. The SMILES string of the molecule is NCC1(c2c(Cl)cccc2Cl)CC(O)C1. The minimum Gasteiger partial charge on any atom is -0.393 e. The fraction of sp³-hybridized carbons (Fsp3) is 0.455. The number of aliphatic hydroxyl groups is 1. The van der Waals surface area contributed by atoms with Crippen LogP contribution < -0.4 is 5.73 Å². The van der Waals surface area contributed by atoms with Gasteiger partial charge >= 0.3 is 0 Å². The maximum Gasteiger partial charge on any atom is 0.0558 e.